The van der Waals surface area contributed by atoms with Crippen LogP contribution >= 0.6 is 23.5 Å². The Bertz CT molecular complexity index is 1060. The number of halogens is 2. The van der Waals surface area contributed by atoms with Crippen molar-refractivity contribution >= 4 is 35.4 Å². The van der Waals surface area contributed by atoms with E-state index >= 15 is 0 Å². The molecular formula is C25H26Cl2O6. The molecule has 0 amide bonds. The van der Waals surface area contributed by atoms with Crippen LogP contribution in [0.5, 0.6) is 11.5 Å². The number of hydrogen-bond donors (Lipinski definition) is 0. The van der Waals surface area contributed by atoms with E-state index in [4.69, 9.17) is 42.0 Å². The number of carbonyl (C=O) groups excluding carboxylic acids is 2. The van der Waals surface area contributed by atoms with Gasteiger partial charge in [0.05, 0.1) is 11.4 Å². The van der Waals surface area contributed by atoms with Crippen molar-refractivity contribution in [1.82, 2.24) is 0 Å². The lowest BCUT2D eigenvalue weighted by Gasteiger charge is -2.22. The molecule has 1 aliphatic heterocycles. The molecular weight excluding hydrogens is 467 g/mol. The molecule has 0 spiro atoms. The fourth-order valence-electron chi connectivity index (χ4n) is 3.91. The molecule has 33 heavy (non-hydrogen) atoms. The molecule has 2 aromatic carbocycles. The van der Waals surface area contributed by atoms with Crippen LogP contribution in [-0.4, -0.2) is 30.5 Å². The van der Waals surface area contributed by atoms with Crippen LogP contribution in [0.4, 0.5) is 0 Å². The minimum absolute atomic E-state index is 0.143. The van der Waals surface area contributed by atoms with Crippen LogP contribution in [-0.2, 0) is 27.3 Å². The standard InChI is InChI=1S/C25H26Cl2O6/c1-3-15-5-7-19(16-6-8-20-17(11-16)13-30-23(20)28)22(21(15)33-27)31-14-25(9-10-25)24(29)32-18(4-2)12-26/h5-8,11,18H,3-4,9-10,12-14H2,1-2H3. The highest BCUT2D eigenvalue weighted by Crippen LogP contribution is 2.49. The van der Waals surface area contributed by atoms with Crippen molar-refractivity contribution in [1.29, 1.82) is 0 Å². The maximum Gasteiger partial charge on any atom is 0.338 e. The van der Waals surface area contributed by atoms with Gasteiger partial charge in [-0.3, -0.25) is 4.79 Å². The number of alkyl halides is 1. The predicted molar refractivity (Wildman–Crippen MR) is 125 cm³/mol. The SMILES string of the molecule is CCc1ccc(-c2ccc3c(c2)COC3=O)c(OCC2(C(=O)OC(CC)CCl)CC2)c1OCl. The first-order valence-corrected chi connectivity index (χ1v) is 11.9. The number of benzene rings is 2. The Labute approximate surface area is 203 Å². The third kappa shape index (κ3) is 4.64. The van der Waals surface area contributed by atoms with Gasteiger partial charge in [-0.1, -0.05) is 32.0 Å². The topological polar surface area (TPSA) is 71.1 Å². The average Bonchev–Trinajstić information content (AvgIpc) is 3.56. The third-order valence-corrected chi connectivity index (χ3v) is 6.83. The van der Waals surface area contributed by atoms with Gasteiger partial charge in [0.25, 0.3) is 0 Å². The van der Waals surface area contributed by atoms with Crippen molar-refractivity contribution in [3.05, 3.63) is 47.0 Å². The van der Waals surface area contributed by atoms with Crippen LogP contribution in [0.15, 0.2) is 30.3 Å². The summed E-state index contributed by atoms with van der Waals surface area (Å²) in [6.07, 6.45) is 2.40. The van der Waals surface area contributed by atoms with Crippen LogP contribution in [0.3, 0.4) is 0 Å². The summed E-state index contributed by atoms with van der Waals surface area (Å²) in [6.45, 7) is 4.30. The first-order chi connectivity index (χ1) is 16.0. The zero-order chi connectivity index (χ0) is 23.6. The number of rotatable bonds is 10. The van der Waals surface area contributed by atoms with E-state index in [9.17, 15) is 9.59 Å². The van der Waals surface area contributed by atoms with Gasteiger partial charge in [-0.05, 0) is 43.4 Å². The number of esters is 2. The molecule has 1 atom stereocenters. The van der Waals surface area contributed by atoms with Gasteiger partial charge in [0.2, 0.25) is 0 Å². The molecule has 0 aromatic heterocycles. The van der Waals surface area contributed by atoms with E-state index in [1.165, 1.54) is 0 Å². The fourth-order valence-corrected chi connectivity index (χ4v) is 4.36. The van der Waals surface area contributed by atoms with Crippen molar-refractivity contribution in [3.8, 4) is 22.6 Å². The van der Waals surface area contributed by atoms with Gasteiger partial charge in [-0.2, -0.15) is 0 Å². The van der Waals surface area contributed by atoms with E-state index in [0.29, 0.717) is 42.7 Å². The molecule has 2 aromatic rings. The molecule has 8 heteroatoms. The smallest absolute Gasteiger partial charge is 0.338 e. The second kappa shape index (κ2) is 9.82. The second-order valence-electron chi connectivity index (χ2n) is 8.47. The van der Waals surface area contributed by atoms with Crippen molar-refractivity contribution < 1.29 is 28.1 Å². The van der Waals surface area contributed by atoms with Crippen LogP contribution in [0, 0.1) is 5.41 Å². The van der Waals surface area contributed by atoms with Crippen molar-refractivity contribution in [3.63, 3.8) is 0 Å². The Balaban J connectivity index is 1.65. The molecule has 1 fully saturated rings. The van der Waals surface area contributed by atoms with Gasteiger partial charge in [0, 0.05) is 16.7 Å². The summed E-state index contributed by atoms with van der Waals surface area (Å²) in [6, 6.07) is 9.35. The summed E-state index contributed by atoms with van der Waals surface area (Å²) in [7, 11) is 0. The van der Waals surface area contributed by atoms with Gasteiger partial charge in [0.15, 0.2) is 11.5 Å². The van der Waals surface area contributed by atoms with Gasteiger partial charge in [-0.15, -0.1) is 11.6 Å². The van der Waals surface area contributed by atoms with Crippen molar-refractivity contribution in [2.24, 2.45) is 5.41 Å². The monoisotopic (exact) mass is 492 g/mol. The normalized spacial score (nSPS) is 16.5. The Morgan fingerprint density at radius 1 is 1.15 bits per heavy atom. The Hall–Kier alpha value is -2.44. The lowest BCUT2D eigenvalue weighted by molar-refractivity contribution is -0.156. The highest BCUT2D eigenvalue weighted by atomic mass is 35.5. The number of hydrogen-bond acceptors (Lipinski definition) is 6. The second-order valence-corrected chi connectivity index (χ2v) is 8.93. The summed E-state index contributed by atoms with van der Waals surface area (Å²) in [4.78, 5) is 24.6. The van der Waals surface area contributed by atoms with Crippen molar-refractivity contribution in [2.75, 3.05) is 12.5 Å². The number of fused-ring (bicyclic) bond motifs is 1. The van der Waals surface area contributed by atoms with Crippen LogP contribution in [0.1, 0.15) is 54.6 Å². The molecule has 4 rings (SSSR count). The lowest BCUT2D eigenvalue weighted by atomic mass is 9.97. The molecule has 6 nitrogen and oxygen atoms in total. The van der Waals surface area contributed by atoms with Crippen LogP contribution in [0.2, 0.25) is 0 Å². The quantitative estimate of drug-likeness (QED) is 0.306. The van der Waals surface area contributed by atoms with Gasteiger partial charge in [0.1, 0.15) is 36.6 Å². The minimum atomic E-state index is -0.694. The number of ether oxygens (including phenoxy) is 3. The molecule has 0 N–H and O–H groups in total. The van der Waals surface area contributed by atoms with E-state index in [-0.39, 0.29) is 37.1 Å². The van der Waals surface area contributed by atoms with Gasteiger partial charge >= 0.3 is 11.9 Å². The maximum atomic E-state index is 12.8. The number of cyclic esters (lactones) is 1. The predicted octanol–water partition coefficient (Wildman–Crippen LogP) is 5.84. The van der Waals surface area contributed by atoms with Crippen LogP contribution in [0.25, 0.3) is 11.1 Å². The highest BCUT2D eigenvalue weighted by Gasteiger charge is 2.53. The van der Waals surface area contributed by atoms with E-state index in [2.05, 4.69) is 0 Å². The summed E-state index contributed by atoms with van der Waals surface area (Å²) in [5.74, 6) is 0.524. The molecule has 1 unspecified atom stereocenters. The number of carbonyl (C=O) groups is 2. The molecule has 176 valence electrons. The van der Waals surface area contributed by atoms with E-state index < -0.39 is 5.41 Å². The van der Waals surface area contributed by atoms with Crippen molar-refractivity contribution in [2.45, 2.75) is 52.2 Å². The Kier molecular flexibility index (Phi) is 7.05. The van der Waals surface area contributed by atoms with Gasteiger partial charge in [-0.25, -0.2) is 4.79 Å². The Morgan fingerprint density at radius 2 is 1.91 bits per heavy atom. The van der Waals surface area contributed by atoms with Crippen LogP contribution < -0.4 is 9.03 Å². The molecule has 1 aliphatic carbocycles. The van der Waals surface area contributed by atoms with E-state index in [1.807, 2.05) is 38.1 Å². The molecule has 0 bridgehead atoms. The largest absolute Gasteiger partial charge is 0.488 e. The maximum absolute atomic E-state index is 12.8. The molecule has 0 radical (unpaired) electrons. The molecule has 2 aliphatic rings. The summed E-state index contributed by atoms with van der Waals surface area (Å²) < 4.78 is 22.2. The third-order valence-electron chi connectivity index (χ3n) is 6.33. The summed E-state index contributed by atoms with van der Waals surface area (Å²) >= 11 is 11.8. The molecule has 1 saturated carbocycles. The first kappa shape index (κ1) is 23.7. The molecule has 1 heterocycles. The zero-order valence-electron chi connectivity index (χ0n) is 18.6. The van der Waals surface area contributed by atoms with E-state index in [1.54, 1.807) is 6.07 Å². The average molecular weight is 493 g/mol. The molecule has 0 saturated heterocycles. The fraction of sp³-hybridized carbons (Fsp3) is 0.440. The summed E-state index contributed by atoms with van der Waals surface area (Å²) in [5.41, 5.74) is 3.14. The summed E-state index contributed by atoms with van der Waals surface area (Å²) in [5, 5.41) is 0. The lowest BCUT2D eigenvalue weighted by Crippen LogP contribution is -2.30. The number of aryl methyl sites for hydroxylation is 1. The Morgan fingerprint density at radius 3 is 2.55 bits per heavy atom. The van der Waals surface area contributed by atoms with E-state index in [0.717, 1.165) is 22.3 Å². The van der Waals surface area contributed by atoms with Gasteiger partial charge < -0.3 is 18.5 Å². The zero-order valence-corrected chi connectivity index (χ0v) is 20.1. The minimum Gasteiger partial charge on any atom is -0.488 e. The first-order valence-electron chi connectivity index (χ1n) is 11.1. The highest BCUT2D eigenvalue weighted by molar-refractivity contribution is 6.18.